The third-order valence-corrected chi connectivity index (χ3v) is 4.15. The van der Waals surface area contributed by atoms with E-state index in [1.54, 1.807) is 7.11 Å². The maximum atomic E-state index is 11.8. The average Bonchev–Trinajstić information content (AvgIpc) is 2.60. The van der Waals surface area contributed by atoms with Crippen molar-refractivity contribution in [1.29, 1.82) is 0 Å². The number of amides is 1. The summed E-state index contributed by atoms with van der Waals surface area (Å²) >= 11 is 0. The molecule has 1 atom stereocenters. The standard InChI is InChI=1S/C18H28N2O3/c1-22-16-6-8-17(9-7-16)23-13-3-5-18(21)20-12-10-15-4-2-11-19-14-15/h6-9,15,19H,2-5,10-14H2,1H3,(H,20,21). The molecule has 2 N–H and O–H groups in total. The Kier molecular flexibility index (Phi) is 7.73. The number of rotatable bonds is 9. The van der Waals surface area contributed by atoms with Crippen molar-refractivity contribution in [3.8, 4) is 11.5 Å². The van der Waals surface area contributed by atoms with Gasteiger partial charge in [-0.2, -0.15) is 0 Å². The fourth-order valence-corrected chi connectivity index (χ4v) is 2.77. The zero-order valence-corrected chi connectivity index (χ0v) is 14.0. The first-order chi connectivity index (χ1) is 11.3. The Balaban J connectivity index is 1.50. The van der Waals surface area contributed by atoms with Crippen molar-refractivity contribution in [1.82, 2.24) is 10.6 Å². The monoisotopic (exact) mass is 320 g/mol. The third kappa shape index (κ3) is 6.91. The predicted molar refractivity (Wildman–Crippen MR) is 90.9 cm³/mol. The van der Waals surface area contributed by atoms with Crippen LogP contribution in [-0.2, 0) is 4.79 Å². The normalized spacial score (nSPS) is 17.5. The molecule has 1 saturated heterocycles. The minimum atomic E-state index is 0.118. The first-order valence-electron chi connectivity index (χ1n) is 8.52. The molecule has 0 spiro atoms. The van der Waals surface area contributed by atoms with E-state index in [2.05, 4.69) is 10.6 Å². The molecular weight excluding hydrogens is 292 g/mol. The van der Waals surface area contributed by atoms with Crippen LogP contribution < -0.4 is 20.1 Å². The van der Waals surface area contributed by atoms with Crippen LogP contribution in [0, 0.1) is 5.92 Å². The zero-order valence-electron chi connectivity index (χ0n) is 14.0. The van der Waals surface area contributed by atoms with Crippen LogP contribution in [0.15, 0.2) is 24.3 Å². The lowest BCUT2D eigenvalue weighted by molar-refractivity contribution is -0.121. The maximum Gasteiger partial charge on any atom is 0.220 e. The van der Waals surface area contributed by atoms with Gasteiger partial charge in [-0.1, -0.05) is 0 Å². The molecule has 0 bridgehead atoms. The number of carbonyl (C=O) groups excluding carboxylic acids is 1. The molecule has 0 aromatic heterocycles. The molecule has 1 fully saturated rings. The van der Waals surface area contributed by atoms with Crippen molar-refractivity contribution in [2.24, 2.45) is 5.92 Å². The molecule has 1 aromatic carbocycles. The van der Waals surface area contributed by atoms with Crippen molar-refractivity contribution in [2.75, 3.05) is 33.4 Å². The lowest BCUT2D eigenvalue weighted by Gasteiger charge is -2.22. The van der Waals surface area contributed by atoms with Crippen LogP contribution >= 0.6 is 0 Å². The summed E-state index contributed by atoms with van der Waals surface area (Å²) < 4.78 is 10.7. The summed E-state index contributed by atoms with van der Waals surface area (Å²) in [6, 6.07) is 7.47. The lowest BCUT2D eigenvalue weighted by atomic mass is 9.96. The van der Waals surface area contributed by atoms with Crippen LogP contribution in [0.5, 0.6) is 11.5 Å². The molecule has 1 amide bonds. The van der Waals surface area contributed by atoms with Gasteiger partial charge in [0.25, 0.3) is 0 Å². The van der Waals surface area contributed by atoms with E-state index in [0.29, 0.717) is 18.9 Å². The van der Waals surface area contributed by atoms with Crippen LogP contribution in [0.3, 0.4) is 0 Å². The summed E-state index contributed by atoms with van der Waals surface area (Å²) in [6.45, 7) is 3.55. The van der Waals surface area contributed by atoms with Crippen LogP contribution in [0.4, 0.5) is 0 Å². The largest absolute Gasteiger partial charge is 0.497 e. The van der Waals surface area contributed by atoms with Gasteiger partial charge in [-0.15, -0.1) is 0 Å². The Morgan fingerprint density at radius 3 is 2.78 bits per heavy atom. The van der Waals surface area contributed by atoms with E-state index >= 15 is 0 Å². The van der Waals surface area contributed by atoms with E-state index in [4.69, 9.17) is 9.47 Å². The number of methoxy groups -OCH3 is 1. The molecule has 1 aliphatic rings. The van der Waals surface area contributed by atoms with Gasteiger partial charge in [0, 0.05) is 13.0 Å². The highest BCUT2D eigenvalue weighted by Gasteiger charge is 2.12. The fourth-order valence-electron chi connectivity index (χ4n) is 2.77. The van der Waals surface area contributed by atoms with Gasteiger partial charge in [-0.05, 0) is 69.0 Å². The number of ether oxygens (including phenoxy) is 2. The molecule has 1 aliphatic heterocycles. The topological polar surface area (TPSA) is 59.6 Å². The predicted octanol–water partition coefficient (Wildman–Crippen LogP) is 2.36. The minimum absolute atomic E-state index is 0.118. The van der Waals surface area contributed by atoms with Gasteiger partial charge in [-0.3, -0.25) is 4.79 Å². The SMILES string of the molecule is COc1ccc(OCCCC(=O)NCCC2CCCNC2)cc1. The Bertz CT molecular complexity index is 456. The van der Waals surface area contributed by atoms with Gasteiger partial charge < -0.3 is 20.1 Å². The van der Waals surface area contributed by atoms with Gasteiger partial charge in [0.05, 0.1) is 13.7 Å². The zero-order chi connectivity index (χ0) is 16.3. The number of hydrogen-bond donors (Lipinski definition) is 2. The Hall–Kier alpha value is -1.75. The highest BCUT2D eigenvalue weighted by molar-refractivity contribution is 5.75. The minimum Gasteiger partial charge on any atom is -0.497 e. The summed E-state index contributed by atoms with van der Waals surface area (Å²) in [5, 5.41) is 6.41. The first-order valence-corrected chi connectivity index (χ1v) is 8.52. The molecule has 5 nitrogen and oxygen atoms in total. The number of carbonyl (C=O) groups is 1. The highest BCUT2D eigenvalue weighted by atomic mass is 16.5. The van der Waals surface area contributed by atoms with Crippen molar-refractivity contribution < 1.29 is 14.3 Å². The van der Waals surface area contributed by atoms with Crippen molar-refractivity contribution in [2.45, 2.75) is 32.1 Å². The Labute approximate surface area is 138 Å². The van der Waals surface area contributed by atoms with Crippen molar-refractivity contribution in [3.05, 3.63) is 24.3 Å². The number of piperidine rings is 1. The second kappa shape index (κ2) is 10.1. The molecule has 0 radical (unpaired) electrons. The molecule has 128 valence electrons. The molecule has 0 aliphatic carbocycles. The molecule has 0 saturated carbocycles. The van der Waals surface area contributed by atoms with Gasteiger partial charge in [0.1, 0.15) is 11.5 Å². The molecular formula is C18H28N2O3. The van der Waals surface area contributed by atoms with Crippen LogP contribution in [-0.4, -0.2) is 39.3 Å². The van der Waals surface area contributed by atoms with Gasteiger partial charge in [0.15, 0.2) is 0 Å². The van der Waals surface area contributed by atoms with Gasteiger partial charge >= 0.3 is 0 Å². The summed E-state index contributed by atoms with van der Waals surface area (Å²) in [5.41, 5.74) is 0. The lowest BCUT2D eigenvalue weighted by Crippen LogP contribution is -2.33. The summed E-state index contributed by atoms with van der Waals surface area (Å²) in [5.74, 6) is 2.44. The smallest absolute Gasteiger partial charge is 0.220 e. The molecule has 2 rings (SSSR count). The van der Waals surface area contributed by atoms with E-state index in [1.807, 2.05) is 24.3 Å². The van der Waals surface area contributed by atoms with Crippen LogP contribution in [0.2, 0.25) is 0 Å². The maximum absolute atomic E-state index is 11.8. The molecule has 1 aromatic rings. The highest BCUT2D eigenvalue weighted by Crippen LogP contribution is 2.17. The summed E-state index contributed by atoms with van der Waals surface area (Å²) in [4.78, 5) is 11.8. The first kappa shape index (κ1) is 17.6. The van der Waals surface area contributed by atoms with Crippen molar-refractivity contribution in [3.63, 3.8) is 0 Å². The number of benzene rings is 1. The van der Waals surface area contributed by atoms with Crippen LogP contribution in [0.1, 0.15) is 32.1 Å². The quantitative estimate of drug-likeness (QED) is 0.686. The third-order valence-electron chi connectivity index (χ3n) is 4.15. The fraction of sp³-hybridized carbons (Fsp3) is 0.611. The number of nitrogens with one attached hydrogen (secondary N) is 2. The molecule has 1 unspecified atom stereocenters. The average molecular weight is 320 g/mol. The second-order valence-electron chi connectivity index (χ2n) is 5.98. The molecule has 1 heterocycles. The van der Waals surface area contributed by atoms with E-state index in [0.717, 1.165) is 44.0 Å². The molecule has 5 heteroatoms. The van der Waals surface area contributed by atoms with Crippen molar-refractivity contribution >= 4 is 5.91 Å². The van der Waals surface area contributed by atoms with E-state index in [9.17, 15) is 4.79 Å². The summed E-state index contributed by atoms with van der Waals surface area (Å²) in [7, 11) is 1.64. The van der Waals surface area contributed by atoms with E-state index in [-0.39, 0.29) is 5.91 Å². The van der Waals surface area contributed by atoms with Gasteiger partial charge in [0.2, 0.25) is 5.91 Å². The number of hydrogen-bond acceptors (Lipinski definition) is 4. The van der Waals surface area contributed by atoms with Crippen LogP contribution in [0.25, 0.3) is 0 Å². The van der Waals surface area contributed by atoms with E-state index in [1.165, 1.54) is 12.8 Å². The Morgan fingerprint density at radius 1 is 1.30 bits per heavy atom. The Morgan fingerprint density at radius 2 is 2.09 bits per heavy atom. The summed E-state index contributed by atoms with van der Waals surface area (Å²) in [6.07, 6.45) is 4.84. The van der Waals surface area contributed by atoms with E-state index < -0.39 is 0 Å². The molecule has 23 heavy (non-hydrogen) atoms. The second-order valence-corrected chi connectivity index (χ2v) is 5.98. The van der Waals surface area contributed by atoms with Gasteiger partial charge in [-0.25, -0.2) is 0 Å².